The van der Waals surface area contributed by atoms with E-state index in [1.54, 1.807) is 0 Å². The molecule has 0 amide bonds. The molecule has 1 aromatic heterocycles. The molecular formula is C8H9ClFNO. The average Bonchev–Trinajstić information content (AvgIpc) is 2.08. The molecule has 0 unspecified atom stereocenters. The quantitative estimate of drug-likeness (QED) is 0.681. The maximum atomic E-state index is 12.6. The van der Waals surface area contributed by atoms with E-state index >= 15 is 0 Å². The Kier molecular flexibility index (Phi) is 3.29. The normalized spacial score (nSPS) is 9.92. The fourth-order valence-corrected chi connectivity index (χ4v) is 1.02. The Hall–Kier alpha value is -0.830. The van der Waals surface area contributed by atoms with Crippen LogP contribution in [0.2, 0.25) is 0 Å². The molecule has 0 aliphatic heterocycles. The predicted molar refractivity (Wildman–Crippen MR) is 44.9 cm³/mol. The molecule has 0 saturated heterocycles. The van der Waals surface area contributed by atoms with Crippen molar-refractivity contribution in [1.29, 1.82) is 0 Å². The van der Waals surface area contributed by atoms with Gasteiger partial charge in [-0.3, -0.25) is 0 Å². The maximum absolute atomic E-state index is 12.6. The number of hydrogen-bond acceptors (Lipinski definition) is 2. The van der Waals surface area contributed by atoms with Crippen LogP contribution in [0.15, 0.2) is 12.3 Å². The topological polar surface area (TPSA) is 22.1 Å². The minimum atomic E-state index is -0.394. The Balaban J connectivity index is 2.94. The molecule has 1 heterocycles. The number of hydrogen-bond donors (Lipinski definition) is 0. The largest absolute Gasteiger partial charge is 0.478 e. The van der Waals surface area contributed by atoms with Crippen molar-refractivity contribution in [3.05, 3.63) is 23.6 Å². The van der Waals surface area contributed by atoms with E-state index in [9.17, 15) is 4.39 Å². The predicted octanol–water partition coefficient (Wildman–Crippen LogP) is 2.36. The zero-order valence-electron chi connectivity index (χ0n) is 6.68. The zero-order chi connectivity index (χ0) is 8.97. The molecule has 0 bridgehead atoms. The Bertz CT molecular complexity index is 267. The van der Waals surface area contributed by atoms with Gasteiger partial charge in [-0.1, -0.05) is 0 Å². The molecule has 2 nitrogen and oxygen atoms in total. The summed E-state index contributed by atoms with van der Waals surface area (Å²) in [6, 6.07) is 1.32. The molecule has 0 atom stereocenters. The van der Waals surface area contributed by atoms with Gasteiger partial charge in [-0.05, 0) is 13.0 Å². The minimum absolute atomic E-state index is 0.208. The molecule has 0 saturated carbocycles. The maximum Gasteiger partial charge on any atom is 0.217 e. The smallest absolute Gasteiger partial charge is 0.217 e. The summed E-state index contributed by atoms with van der Waals surface area (Å²) in [7, 11) is 0. The van der Waals surface area contributed by atoms with Crippen LogP contribution in [-0.2, 0) is 5.88 Å². The summed E-state index contributed by atoms with van der Waals surface area (Å²) in [6.45, 7) is 2.34. The van der Waals surface area contributed by atoms with Gasteiger partial charge in [-0.2, -0.15) is 0 Å². The average molecular weight is 190 g/mol. The van der Waals surface area contributed by atoms with Gasteiger partial charge in [0.25, 0.3) is 0 Å². The van der Waals surface area contributed by atoms with Gasteiger partial charge in [0, 0.05) is 5.56 Å². The molecule has 0 spiro atoms. The van der Waals surface area contributed by atoms with Gasteiger partial charge in [0.15, 0.2) is 0 Å². The second-order valence-electron chi connectivity index (χ2n) is 2.18. The van der Waals surface area contributed by atoms with Crippen molar-refractivity contribution in [3.63, 3.8) is 0 Å². The lowest BCUT2D eigenvalue weighted by Gasteiger charge is -2.05. The highest BCUT2D eigenvalue weighted by Gasteiger charge is 2.04. The number of aromatic nitrogens is 1. The van der Waals surface area contributed by atoms with E-state index in [1.165, 1.54) is 6.07 Å². The molecule has 66 valence electrons. The van der Waals surface area contributed by atoms with Crippen molar-refractivity contribution in [2.24, 2.45) is 0 Å². The van der Waals surface area contributed by atoms with E-state index < -0.39 is 5.82 Å². The fraction of sp³-hybridized carbons (Fsp3) is 0.375. The Morgan fingerprint density at radius 3 is 3.00 bits per heavy atom. The third-order valence-corrected chi connectivity index (χ3v) is 1.60. The summed E-state index contributed by atoms with van der Waals surface area (Å²) < 4.78 is 17.7. The first kappa shape index (κ1) is 9.26. The molecule has 0 N–H and O–H groups in total. The van der Waals surface area contributed by atoms with E-state index in [0.717, 1.165) is 6.20 Å². The van der Waals surface area contributed by atoms with Gasteiger partial charge < -0.3 is 4.74 Å². The standard InChI is InChI=1S/C8H9ClFNO/c1-2-12-8-6(4-9)3-7(10)5-11-8/h3,5H,2,4H2,1H3. The van der Waals surface area contributed by atoms with Crippen molar-refractivity contribution in [2.75, 3.05) is 6.61 Å². The summed E-state index contributed by atoms with van der Waals surface area (Å²) in [5.41, 5.74) is 0.582. The van der Waals surface area contributed by atoms with Gasteiger partial charge in [-0.15, -0.1) is 11.6 Å². The van der Waals surface area contributed by atoms with Gasteiger partial charge in [0.05, 0.1) is 18.7 Å². The highest BCUT2D eigenvalue weighted by Crippen LogP contribution is 2.17. The second kappa shape index (κ2) is 4.26. The number of halogens is 2. The summed E-state index contributed by atoms with van der Waals surface area (Å²) in [4.78, 5) is 3.76. The van der Waals surface area contributed by atoms with E-state index in [0.29, 0.717) is 18.1 Å². The van der Waals surface area contributed by atoms with Crippen LogP contribution in [0.1, 0.15) is 12.5 Å². The molecule has 0 aromatic carbocycles. The van der Waals surface area contributed by atoms with Crippen molar-refractivity contribution in [2.45, 2.75) is 12.8 Å². The molecule has 0 aliphatic carbocycles. The molecule has 4 heteroatoms. The van der Waals surface area contributed by atoms with Crippen LogP contribution >= 0.6 is 11.6 Å². The SMILES string of the molecule is CCOc1ncc(F)cc1CCl. The third kappa shape index (κ3) is 2.08. The van der Waals surface area contributed by atoms with E-state index in [2.05, 4.69) is 4.98 Å². The van der Waals surface area contributed by atoms with E-state index in [4.69, 9.17) is 16.3 Å². The summed E-state index contributed by atoms with van der Waals surface area (Å²) in [5.74, 6) is 0.225. The third-order valence-electron chi connectivity index (χ3n) is 1.32. The first-order valence-electron chi connectivity index (χ1n) is 3.61. The summed E-state index contributed by atoms with van der Waals surface area (Å²) in [6.07, 6.45) is 1.11. The summed E-state index contributed by atoms with van der Waals surface area (Å²) >= 11 is 5.55. The van der Waals surface area contributed by atoms with Gasteiger partial charge >= 0.3 is 0 Å². The van der Waals surface area contributed by atoms with Crippen molar-refractivity contribution in [3.8, 4) is 5.88 Å². The van der Waals surface area contributed by atoms with Gasteiger partial charge in [-0.25, -0.2) is 9.37 Å². The minimum Gasteiger partial charge on any atom is -0.478 e. The number of ether oxygens (including phenoxy) is 1. The van der Waals surface area contributed by atoms with Crippen LogP contribution in [0.5, 0.6) is 5.88 Å². The fourth-order valence-electron chi connectivity index (χ4n) is 0.831. The number of alkyl halides is 1. The lowest BCUT2D eigenvalue weighted by Crippen LogP contribution is -1.98. The molecule has 1 aromatic rings. The van der Waals surface area contributed by atoms with E-state index in [-0.39, 0.29) is 5.88 Å². The molecule has 1 rings (SSSR count). The van der Waals surface area contributed by atoms with Gasteiger partial charge in [0.2, 0.25) is 5.88 Å². The lowest BCUT2D eigenvalue weighted by atomic mass is 10.3. The monoisotopic (exact) mass is 189 g/mol. The van der Waals surface area contributed by atoms with Crippen LogP contribution in [-0.4, -0.2) is 11.6 Å². The van der Waals surface area contributed by atoms with Crippen molar-refractivity contribution in [1.82, 2.24) is 4.98 Å². The first-order valence-corrected chi connectivity index (χ1v) is 4.14. The van der Waals surface area contributed by atoms with Crippen LogP contribution < -0.4 is 4.74 Å². The summed E-state index contributed by atoms with van der Waals surface area (Å²) in [5, 5.41) is 0. The van der Waals surface area contributed by atoms with Crippen molar-refractivity contribution >= 4 is 11.6 Å². The van der Waals surface area contributed by atoms with Crippen LogP contribution in [0, 0.1) is 5.82 Å². The van der Waals surface area contributed by atoms with Crippen molar-refractivity contribution < 1.29 is 9.13 Å². The molecule has 0 fully saturated rings. The van der Waals surface area contributed by atoms with Gasteiger partial charge in [0.1, 0.15) is 5.82 Å². The molecule has 0 radical (unpaired) electrons. The number of rotatable bonds is 3. The first-order chi connectivity index (χ1) is 5.77. The second-order valence-corrected chi connectivity index (χ2v) is 2.45. The molecule has 12 heavy (non-hydrogen) atoms. The van der Waals surface area contributed by atoms with E-state index in [1.807, 2.05) is 6.92 Å². The highest BCUT2D eigenvalue weighted by atomic mass is 35.5. The zero-order valence-corrected chi connectivity index (χ0v) is 7.44. The molecular weight excluding hydrogens is 181 g/mol. The Morgan fingerprint density at radius 2 is 2.42 bits per heavy atom. The number of pyridine rings is 1. The number of nitrogens with zero attached hydrogens (tertiary/aromatic N) is 1. The Morgan fingerprint density at radius 1 is 1.67 bits per heavy atom. The highest BCUT2D eigenvalue weighted by molar-refractivity contribution is 6.17. The van der Waals surface area contributed by atoms with Crippen LogP contribution in [0.25, 0.3) is 0 Å². The molecule has 0 aliphatic rings. The van der Waals surface area contributed by atoms with Crippen LogP contribution in [0.3, 0.4) is 0 Å². The lowest BCUT2D eigenvalue weighted by molar-refractivity contribution is 0.322. The van der Waals surface area contributed by atoms with Crippen LogP contribution in [0.4, 0.5) is 4.39 Å². The Labute approximate surface area is 75.3 Å².